The van der Waals surface area contributed by atoms with E-state index in [4.69, 9.17) is 10.8 Å². The van der Waals surface area contributed by atoms with Gasteiger partial charge in [0.25, 0.3) is 0 Å². The van der Waals surface area contributed by atoms with Crippen molar-refractivity contribution in [1.82, 2.24) is 0 Å². The highest BCUT2D eigenvalue weighted by molar-refractivity contribution is 5.56. The second-order valence-electron chi connectivity index (χ2n) is 2.42. The first-order valence-electron chi connectivity index (χ1n) is 3.82. The van der Waals surface area contributed by atoms with E-state index in [9.17, 15) is 4.79 Å². The zero-order valence-electron chi connectivity index (χ0n) is 6.75. The summed E-state index contributed by atoms with van der Waals surface area (Å²) in [6.07, 6.45) is 1.75. The lowest BCUT2D eigenvalue weighted by Gasteiger charge is -2.08. The highest BCUT2D eigenvalue weighted by Gasteiger charge is 2.05. The molecule has 11 heavy (non-hydrogen) atoms. The molecule has 66 valence electrons. The topological polar surface area (TPSA) is 72.5 Å². The second kappa shape index (κ2) is 5.97. The van der Waals surface area contributed by atoms with Gasteiger partial charge in [0, 0.05) is 0 Å². The highest BCUT2D eigenvalue weighted by Crippen LogP contribution is 2.02. The summed E-state index contributed by atoms with van der Waals surface area (Å²) in [5.74, 6) is 0. The fourth-order valence-corrected chi connectivity index (χ4v) is 0.784. The zero-order chi connectivity index (χ0) is 8.69. The first-order chi connectivity index (χ1) is 5.16. The molecule has 0 heterocycles. The van der Waals surface area contributed by atoms with Crippen molar-refractivity contribution >= 4 is 6.16 Å². The maximum Gasteiger partial charge on any atom is 0.507 e. The van der Waals surface area contributed by atoms with Gasteiger partial charge in [0.15, 0.2) is 6.23 Å². The Kier molecular flexibility index (Phi) is 5.56. The van der Waals surface area contributed by atoms with Crippen LogP contribution in [0.25, 0.3) is 0 Å². The van der Waals surface area contributed by atoms with Crippen molar-refractivity contribution in [2.45, 2.75) is 38.8 Å². The Morgan fingerprint density at radius 2 is 2.27 bits per heavy atom. The Morgan fingerprint density at radius 1 is 1.64 bits per heavy atom. The van der Waals surface area contributed by atoms with Crippen molar-refractivity contribution in [3.63, 3.8) is 0 Å². The lowest BCUT2D eigenvalue weighted by atomic mass is 10.2. The van der Waals surface area contributed by atoms with E-state index < -0.39 is 12.4 Å². The van der Waals surface area contributed by atoms with Crippen LogP contribution in [0.2, 0.25) is 0 Å². The molecule has 0 aliphatic rings. The van der Waals surface area contributed by atoms with Gasteiger partial charge in [-0.2, -0.15) is 0 Å². The van der Waals surface area contributed by atoms with Crippen molar-refractivity contribution in [2.24, 2.45) is 5.73 Å². The number of hydrogen-bond acceptors (Lipinski definition) is 3. The molecular weight excluding hydrogens is 146 g/mol. The van der Waals surface area contributed by atoms with E-state index in [0.29, 0.717) is 6.42 Å². The van der Waals surface area contributed by atoms with Crippen LogP contribution in [0.3, 0.4) is 0 Å². The Morgan fingerprint density at radius 3 is 2.73 bits per heavy atom. The van der Waals surface area contributed by atoms with Gasteiger partial charge in [-0.15, -0.1) is 0 Å². The first kappa shape index (κ1) is 10.2. The standard InChI is InChI=1S/C7H15NO3/c1-2-3-4-5-6(8)11-7(9)10/h6H,2-5,8H2,1H3,(H,9,10). The van der Waals surface area contributed by atoms with Crippen LogP contribution in [0.15, 0.2) is 0 Å². The van der Waals surface area contributed by atoms with Crippen LogP contribution in [-0.4, -0.2) is 17.5 Å². The van der Waals surface area contributed by atoms with Gasteiger partial charge in [-0.3, -0.25) is 5.73 Å². The molecule has 1 unspecified atom stereocenters. The fourth-order valence-electron chi connectivity index (χ4n) is 0.784. The fraction of sp³-hybridized carbons (Fsp3) is 0.857. The predicted molar refractivity (Wildman–Crippen MR) is 41.2 cm³/mol. The van der Waals surface area contributed by atoms with Crippen LogP contribution in [-0.2, 0) is 4.74 Å². The summed E-state index contributed by atoms with van der Waals surface area (Å²) in [6, 6.07) is 0. The average Bonchev–Trinajstić information content (AvgIpc) is 1.86. The first-order valence-corrected chi connectivity index (χ1v) is 3.82. The van der Waals surface area contributed by atoms with E-state index in [2.05, 4.69) is 11.7 Å². The molecule has 4 nitrogen and oxygen atoms in total. The number of hydrogen-bond donors (Lipinski definition) is 2. The average molecular weight is 161 g/mol. The third-order valence-electron chi connectivity index (χ3n) is 1.34. The van der Waals surface area contributed by atoms with Crippen molar-refractivity contribution < 1.29 is 14.6 Å². The Hall–Kier alpha value is -0.770. The van der Waals surface area contributed by atoms with E-state index >= 15 is 0 Å². The highest BCUT2D eigenvalue weighted by atomic mass is 16.7. The molecule has 0 aromatic heterocycles. The summed E-state index contributed by atoms with van der Waals surface area (Å²) < 4.78 is 4.29. The zero-order valence-corrected chi connectivity index (χ0v) is 6.75. The summed E-state index contributed by atoms with van der Waals surface area (Å²) in [5, 5.41) is 8.14. The van der Waals surface area contributed by atoms with E-state index in [-0.39, 0.29) is 0 Å². The van der Waals surface area contributed by atoms with Crippen molar-refractivity contribution in [3.05, 3.63) is 0 Å². The van der Waals surface area contributed by atoms with Crippen LogP contribution in [0, 0.1) is 0 Å². The number of carbonyl (C=O) groups is 1. The monoisotopic (exact) mass is 161 g/mol. The van der Waals surface area contributed by atoms with Gasteiger partial charge in [-0.1, -0.05) is 19.8 Å². The normalized spacial score (nSPS) is 12.5. The quantitative estimate of drug-likeness (QED) is 0.364. The summed E-state index contributed by atoms with van der Waals surface area (Å²) in [4.78, 5) is 9.94. The molecule has 0 aliphatic carbocycles. The summed E-state index contributed by atoms with van der Waals surface area (Å²) >= 11 is 0. The molecule has 3 N–H and O–H groups in total. The van der Waals surface area contributed by atoms with Crippen LogP contribution >= 0.6 is 0 Å². The van der Waals surface area contributed by atoms with Crippen molar-refractivity contribution in [2.75, 3.05) is 0 Å². The molecule has 0 radical (unpaired) electrons. The molecule has 0 aromatic rings. The molecule has 0 aliphatic heterocycles. The number of carboxylic acid groups (broad SMARTS) is 1. The molecule has 0 saturated heterocycles. The lowest BCUT2D eigenvalue weighted by molar-refractivity contribution is 0.0499. The maximum absolute atomic E-state index is 9.94. The Balaban J connectivity index is 3.22. The van der Waals surface area contributed by atoms with E-state index in [0.717, 1.165) is 19.3 Å². The molecule has 0 rings (SSSR count). The van der Waals surface area contributed by atoms with Gasteiger partial charge in [-0.05, 0) is 12.8 Å². The third-order valence-corrected chi connectivity index (χ3v) is 1.34. The Bertz CT molecular complexity index is 116. The van der Waals surface area contributed by atoms with E-state index in [1.807, 2.05) is 0 Å². The molecule has 1 atom stereocenters. The second-order valence-corrected chi connectivity index (χ2v) is 2.42. The van der Waals surface area contributed by atoms with Crippen molar-refractivity contribution in [1.29, 1.82) is 0 Å². The summed E-state index contributed by atoms with van der Waals surface area (Å²) in [6.45, 7) is 2.07. The number of nitrogens with two attached hydrogens (primary N) is 1. The molecule has 0 aromatic carbocycles. The maximum atomic E-state index is 9.94. The van der Waals surface area contributed by atoms with Gasteiger partial charge in [-0.25, -0.2) is 4.79 Å². The van der Waals surface area contributed by atoms with Crippen LogP contribution < -0.4 is 5.73 Å². The molecule has 4 heteroatoms. The lowest BCUT2D eigenvalue weighted by Crippen LogP contribution is -2.26. The number of unbranched alkanes of at least 4 members (excludes halogenated alkanes) is 2. The number of rotatable bonds is 5. The third kappa shape index (κ3) is 7.12. The minimum atomic E-state index is -1.30. The van der Waals surface area contributed by atoms with Crippen LogP contribution in [0.4, 0.5) is 4.79 Å². The molecule has 0 bridgehead atoms. The van der Waals surface area contributed by atoms with Crippen molar-refractivity contribution in [3.8, 4) is 0 Å². The summed E-state index contributed by atoms with van der Waals surface area (Å²) in [5.41, 5.74) is 5.31. The molecule has 0 spiro atoms. The van der Waals surface area contributed by atoms with Crippen LogP contribution in [0.5, 0.6) is 0 Å². The predicted octanol–water partition coefficient (Wildman–Crippen LogP) is 1.55. The van der Waals surface area contributed by atoms with Crippen LogP contribution in [0.1, 0.15) is 32.6 Å². The number of ether oxygens (including phenoxy) is 1. The molecule has 0 saturated carbocycles. The van der Waals surface area contributed by atoms with Gasteiger partial charge in [0.1, 0.15) is 0 Å². The van der Waals surface area contributed by atoms with Gasteiger partial charge >= 0.3 is 6.16 Å². The van der Waals surface area contributed by atoms with E-state index in [1.165, 1.54) is 0 Å². The minimum Gasteiger partial charge on any atom is -0.450 e. The van der Waals surface area contributed by atoms with E-state index in [1.54, 1.807) is 0 Å². The Labute approximate surface area is 66.3 Å². The minimum absolute atomic E-state index is 0.611. The SMILES string of the molecule is CCCCCC(N)OC(=O)O. The molecular formula is C7H15NO3. The van der Waals surface area contributed by atoms with Gasteiger partial charge in [0.2, 0.25) is 0 Å². The largest absolute Gasteiger partial charge is 0.507 e. The van der Waals surface area contributed by atoms with Gasteiger partial charge < -0.3 is 9.84 Å². The molecule has 0 fully saturated rings. The summed E-state index contributed by atoms with van der Waals surface area (Å²) in [7, 11) is 0. The molecule has 0 amide bonds. The van der Waals surface area contributed by atoms with Gasteiger partial charge in [0.05, 0.1) is 0 Å². The smallest absolute Gasteiger partial charge is 0.450 e.